The van der Waals surface area contributed by atoms with Crippen molar-refractivity contribution in [1.29, 1.82) is 0 Å². The van der Waals surface area contributed by atoms with Crippen LogP contribution in [0.3, 0.4) is 0 Å². The van der Waals surface area contributed by atoms with Crippen molar-refractivity contribution in [3.8, 4) is 11.5 Å². The number of aliphatic imine (C=N–C) groups is 1. The fourth-order valence-corrected chi connectivity index (χ4v) is 4.55. The van der Waals surface area contributed by atoms with Crippen LogP contribution in [0.4, 0.5) is 5.69 Å². The zero-order valence-electron chi connectivity index (χ0n) is 15.6. The monoisotopic (exact) mass is 541 g/mol. The summed E-state index contributed by atoms with van der Waals surface area (Å²) in [7, 11) is -2.53. The van der Waals surface area contributed by atoms with Crippen molar-refractivity contribution in [3.05, 3.63) is 80.4 Å². The molecule has 0 radical (unpaired) electrons. The molecule has 3 aromatic carbocycles. The molecular formula is C21H17ClINO4S. The predicted octanol–water partition coefficient (Wildman–Crippen LogP) is 5.78. The van der Waals surface area contributed by atoms with Gasteiger partial charge in [0, 0.05) is 11.2 Å². The van der Waals surface area contributed by atoms with Gasteiger partial charge in [-0.25, -0.2) is 0 Å². The Hall–Kier alpha value is -2.10. The van der Waals surface area contributed by atoms with E-state index in [0.29, 0.717) is 14.3 Å². The van der Waals surface area contributed by atoms with Crippen molar-refractivity contribution >= 4 is 56.2 Å². The van der Waals surface area contributed by atoms with Gasteiger partial charge in [-0.1, -0.05) is 35.9 Å². The van der Waals surface area contributed by atoms with Crippen LogP contribution in [0.2, 0.25) is 5.02 Å². The number of nitrogens with zero attached hydrogens (tertiary/aromatic N) is 1. The molecule has 0 N–H and O–H groups in total. The third-order valence-corrected chi connectivity index (χ3v) is 6.51. The second-order valence-electron chi connectivity index (χ2n) is 6.03. The van der Waals surface area contributed by atoms with E-state index < -0.39 is 10.1 Å². The molecule has 0 atom stereocenters. The second kappa shape index (κ2) is 9.15. The highest BCUT2D eigenvalue weighted by atomic mass is 127. The number of halogens is 2. The molecule has 8 heteroatoms. The Morgan fingerprint density at radius 2 is 1.79 bits per heavy atom. The van der Waals surface area contributed by atoms with Gasteiger partial charge in [0.05, 0.1) is 16.4 Å². The number of rotatable bonds is 6. The van der Waals surface area contributed by atoms with E-state index in [1.165, 1.54) is 19.2 Å². The van der Waals surface area contributed by atoms with Gasteiger partial charge in [0.1, 0.15) is 4.90 Å². The van der Waals surface area contributed by atoms with Crippen molar-refractivity contribution in [2.75, 3.05) is 7.11 Å². The Bertz CT molecular complexity index is 1160. The Morgan fingerprint density at radius 3 is 2.48 bits per heavy atom. The third kappa shape index (κ3) is 5.09. The lowest BCUT2D eigenvalue weighted by atomic mass is 10.2. The first-order valence-corrected chi connectivity index (χ1v) is 11.3. The van der Waals surface area contributed by atoms with Gasteiger partial charge < -0.3 is 8.92 Å². The highest BCUT2D eigenvalue weighted by Crippen LogP contribution is 2.36. The number of methoxy groups -OCH3 is 1. The molecule has 150 valence electrons. The Morgan fingerprint density at radius 1 is 1.07 bits per heavy atom. The fourth-order valence-electron chi connectivity index (χ4n) is 2.52. The number of benzene rings is 3. The molecule has 5 nitrogen and oxygen atoms in total. The van der Waals surface area contributed by atoms with Gasteiger partial charge >= 0.3 is 10.1 Å². The summed E-state index contributed by atoms with van der Waals surface area (Å²) in [5.41, 5.74) is 2.36. The van der Waals surface area contributed by atoms with Crippen LogP contribution in [0, 0.1) is 10.5 Å². The van der Waals surface area contributed by atoms with Crippen molar-refractivity contribution in [2.45, 2.75) is 11.8 Å². The van der Waals surface area contributed by atoms with Crippen molar-refractivity contribution < 1.29 is 17.3 Å². The molecule has 0 saturated carbocycles. The summed E-state index contributed by atoms with van der Waals surface area (Å²) in [6, 6.07) is 16.9. The summed E-state index contributed by atoms with van der Waals surface area (Å²) in [5, 5.41) is 0.640. The Kier molecular flexibility index (Phi) is 6.81. The zero-order chi connectivity index (χ0) is 21.0. The molecule has 0 amide bonds. The van der Waals surface area contributed by atoms with E-state index in [4.69, 9.17) is 20.5 Å². The first-order chi connectivity index (χ1) is 13.8. The molecule has 0 aliphatic heterocycles. The van der Waals surface area contributed by atoms with Crippen LogP contribution in [0.1, 0.15) is 11.1 Å². The highest BCUT2D eigenvalue weighted by Gasteiger charge is 2.21. The smallest absolute Gasteiger partial charge is 0.339 e. The van der Waals surface area contributed by atoms with Gasteiger partial charge in [0.2, 0.25) is 0 Å². The van der Waals surface area contributed by atoms with E-state index in [2.05, 4.69) is 4.99 Å². The van der Waals surface area contributed by atoms with E-state index in [9.17, 15) is 8.42 Å². The lowest BCUT2D eigenvalue weighted by molar-refractivity contribution is 0.389. The molecule has 29 heavy (non-hydrogen) atoms. The quantitative estimate of drug-likeness (QED) is 0.225. The number of ether oxygens (including phenoxy) is 1. The number of hydrogen-bond donors (Lipinski definition) is 0. The molecule has 3 aromatic rings. The molecule has 0 aliphatic rings. The average molecular weight is 542 g/mol. The first kappa shape index (κ1) is 21.6. The fraction of sp³-hybridized carbons (Fsp3) is 0.0952. The largest absolute Gasteiger partial charge is 0.493 e. The van der Waals surface area contributed by atoms with Gasteiger partial charge in [-0.3, -0.25) is 4.99 Å². The normalized spacial score (nSPS) is 11.6. The van der Waals surface area contributed by atoms with E-state index in [1.54, 1.807) is 42.6 Å². The average Bonchev–Trinajstić information content (AvgIpc) is 2.71. The van der Waals surface area contributed by atoms with Crippen LogP contribution >= 0.6 is 34.2 Å². The van der Waals surface area contributed by atoms with E-state index in [1.807, 2.05) is 41.6 Å². The molecule has 0 fully saturated rings. The maximum absolute atomic E-state index is 12.6. The van der Waals surface area contributed by atoms with Gasteiger partial charge in [0.25, 0.3) is 0 Å². The predicted molar refractivity (Wildman–Crippen MR) is 123 cm³/mol. The first-order valence-electron chi connectivity index (χ1n) is 8.48. The lowest BCUT2D eigenvalue weighted by Gasteiger charge is -2.13. The topological polar surface area (TPSA) is 65.0 Å². The Labute approximate surface area is 188 Å². The molecule has 0 aromatic heterocycles. The van der Waals surface area contributed by atoms with Crippen LogP contribution in [0.15, 0.2) is 70.6 Å². The molecule has 0 aliphatic carbocycles. The number of hydrogen-bond acceptors (Lipinski definition) is 5. The summed E-state index contributed by atoms with van der Waals surface area (Å²) in [6.07, 6.45) is 1.67. The van der Waals surface area contributed by atoms with Gasteiger partial charge in [-0.2, -0.15) is 8.42 Å². The molecule has 0 spiro atoms. The van der Waals surface area contributed by atoms with Crippen LogP contribution in [0.25, 0.3) is 0 Å². The van der Waals surface area contributed by atoms with Crippen molar-refractivity contribution in [3.63, 3.8) is 0 Å². The van der Waals surface area contributed by atoms with Crippen molar-refractivity contribution in [2.24, 2.45) is 4.99 Å². The molecule has 3 rings (SSSR count). The standard InChI is InChI=1S/C21H17ClINO4S/c1-14-17(22)9-6-10-19(14)24-13-15-11-18(23)21(20(12-15)27-2)28-29(25,26)16-7-4-3-5-8-16/h3-13H,1-2H3. The van der Waals surface area contributed by atoms with E-state index in [0.717, 1.165) is 16.8 Å². The summed E-state index contributed by atoms with van der Waals surface area (Å²) < 4.78 is 36.4. The zero-order valence-corrected chi connectivity index (χ0v) is 19.3. The SMILES string of the molecule is COc1cc(C=Nc2cccc(Cl)c2C)cc(I)c1OS(=O)(=O)c1ccccc1. The summed E-state index contributed by atoms with van der Waals surface area (Å²) in [4.78, 5) is 4.55. The maximum atomic E-state index is 12.6. The summed E-state index contributed by atoms with van der Waals surface area (Å²) in [6.45, 7) is 1.89. The lowest BCUT2D eigenvalue weighted by Crippen LogP contribution is -2.11. The molecule has 0 saturated heterocycles. The van der Waals surface area contributed by atoms with Gasteiger partial charge in [0.15, 0.2) is 11.5 Å². The third-order valence-electron chi connectivity index (χ3n) is 4.07. The van der Waals surface area contributed by atoms with E-state index >= 15 is 0 Å². The van der Waals surface area contributed by atoms with Gasteiger partial charge in [-0.15, -0.1) is 0 Å². The minimum Gasteiger partial charge on any atom is -0.493 e. The van der Waals surface area contributed by atoms with E-state index in [-0.39, 0.29) is 10.6 Å². The minimum atomic E-state index is -3.98. The summed E-state index contributed by atoms with van der Waals surface area (Å²) in [5.74, 6) is 0.425. The second-order valence-corrected chi connectivity index (χ2v) is 9.14. The molecule has 0 unspecified atom stereocenters. The summed E-state index contributed by atoms with van der Waals surface area (Å²) >= 11 is 8.14. The van der Waals surface area contributed by atoms with Crippen molar-refractivity contribution in [1.82, 2.24) is 0 Å². The maximum Gasteiger partial charge on any atom is 0.339 e. The van der Waals surface area contributed by atoms with Crippen LogP contribution < -0.4 is 8.92 Å². The minimum absolute atomic E-state index is 0.0694. The molecule has 0 bridgehead atoms. The van der Waals surface area contributed by atoms with Gasteiger partial charge in [-0.05, 0) is 77.0 Å². The van der Waals surface area contributed by atoms with Crippen LogP contribution in [0.5, 0.6) is 11.5 Å². The molecular weight excluding hydrogens is 525 g/mol. The van der Waals surface area contributed by atoms with Crippen LogP contribution in [-0.2, 0) is 10.1 Å². The van der Waals surface area contributed by atoms with Crippen LogP contribution in [-0.4, -0.2) is 21.7 Å². The Balaban J connectivity index is 1.94. The molecule has 0 heterocycles. The highest BCUT2D eigenvalue weighted by molar-refractivity contribution is 14.1.